The van der Waals surface area contributed by atoms with E-state index in [0.717, 1.165) is 5.70 Å². The van der Waals surface area contributed by atoms with Gasteiger partial charge >= 0.3 is 0 Å². The van der Waals surface area contributed by atoms with Crippen molar-refractivity contribution < 1.29 is 9.84 Å². The van der Waals surface area contributed by atoms with E-state index in [-0.39, 0.29) is 6.61 Å². The monoisotopic (exact) mass is 184 g/mol. The molecule has 0 aliphatic heterocycles. The molecule has 0 heterocycles. The summed E-state index contributed by atoms with van der Waals surface area (Å²) in [4.78, 5) is 0. The predicted molar refractivity (Wildman–Crippen MR) is 50.9 cm³/mol. The lowest BCUT2D eigenvalue weighted by molar-refractivity contribution is 0.0391. The zero-order valence-corrected chi connectivity index (χ0v) is 7.79. The Balaban J connectivity index is 2.45. The number of hydrogen-bond donors (Lipinski definition) is 3. The van der Waals surface area contributed by atoms with Crippen molar-refractivity contribution in [2.45, 2.75) is 12.1 Å². The van der Waals surface area contributed by atoms with Crippen molar-refractivity contribution in [1.29, 1.82) is 0 Å². The van der Waals surface area contributed by atoms with Crippen LogP contribution in [0.4, 0.5) is 0 Å². The Hall–Kier alpha value is -0.840. The lowest BCUT2D eigenvalue weighted by Gasteiger charge is -2.26. The van der Waals surface area contributed by atoms with Gasteiger partial charge in [-0.2, -0.15) is 0 Å². The number of allylic oxidation sites excluding steroid dienone is 1. The SMILES string of the molecule is COC1(N)C=CC(NCCO)=CC1. The maximum atomic E-state index is 8.58. The fraction of sp³-hybridized carbons (Fsp3) is 0.556. The van der Waals surface area contributed by atoms with Crippen LogP contribution in [0.3, 0.4) is 0 Å². The molecule has 1 atom stereocenters. The summed E-state index contributed by atoms with van der Waals surface area (Å²) in [7, 11) is 1.59. The van der Waals surface area contributed by atoms with Gasteiger partial charge in [0.2, 0.25) is 0 Å². The molecule has 4 N–H and O–H groups in total. The first-order valence-corrected chi connectivity index (χ1v) is 4.28. The van der Waals surface area contributed by atoms with E-state index >= 15 is 0 Å². The Labute approximate surface area is 78.1 Å². The van der Waals surface area contributed by atoms with E-state index in [1.54, 1.807) is 7.11 Å². The molecule has 0 radical (unpaired) electrons. The normalized spacial score (nSPS) is 27.2. The standard InChI is InChI=1S/C9H16N2O2/c1-13-9(10)4-2-8(3-5-9)11-6-7-12/h2-4,11-12H,5-7,10H2,1H3. The smallest absolute Gasteiger partial charge is 0.139 e. The number of rotatable bonds is 4. The number of methoxy groups -OCH3 is 1. The first-order chi connectivity index (χ1) is 6.20. The average Bonchev–Trinajstić information content (AvgIpc) is 2.17. The molecule has 0 fully saturated rings. The minimum absolute atomic E-state index is 0.128. The number of nitrogens with two attached hydrogens (primary N) is 1. The average molecular weight is 184 g/mol. The van der Waals surface area contributed by atoms with Crippen LogP contribution in [0.2, 0.25) is 0 Å². The summed E-state index contributed by atoms with van der Waals surface area (Å²) in [5.74, 6) is 0. The third kappa shape index (κ3) is 2.84. The Kier molecular flexibility index (Phi) is 3.48. The van der Waals surface area contributed by atoms with Crippen molar-refractivity contribution in [3.63, 3.8) is 0 Å². The first kappa shape index (κ1) is 10.2. The Bertz CT molecular complexity index is 226. The summed E-state index contributed by atoms with van der Waals surface area (Å²) in [6.45, 7) is 0.684. The van der Waals surface area contributed by atoms with Crippen LogP contribution < -0.4 is 11.1 Å². The van der Waals surface area contributed by atoms with Gasteiger partial charge in [0, 0.05) is 25.8 Å². The lowest BCUT2D eigenvalue weighted by atomic mass is 10.0. The number of nitrogens with one attached hydrogen (secondary N) is 1. The highest BCUT2D eigenvalue weighted by atomic mass is 16.5. The molecule has 1 aliphatic carbocycles. The van der Waals surface area contributed by atoms with Crippen LogP contribution in [-0.4, -0.2) is 31.1 Å². The third-order valence-corrected chi connectivity index (χ3v) is 2.01. The second-order valence-corrected chi connectivity index (χ2v) is 3.01. The van der Waals surface area contributed by atoms with Crippen molar-refractivity contribution in [1.82, 2.24) is 5.32 Å². The molecule has 0 bridgehead atoms. The molecule has 1 unspecified atom stereocenters. The van der Waals surface area contributed by atoms with Gasteiger partial charge in [0.25, 0.3) is 0 Å². The fourth-order valence-corrected chi connectivity index (χ4v) is 1.12. The van der Waals surface area contributed by atoms with Crippen LogP contribution in [0.5, 0.6) is 0 Å². The van der Waals surface area contributed by atoms with Gasteiger partial charge in [-0.15, -0.1) is 0 Å². The molecular weight excluding hydrogens is 168 g/mol. The maximum Gasteiger partial charge on any atom is 0.139 e. The molecule has 0 aromatic heterocycles. The Morgan fingerprint density at radius 2 is 2.54 bits per heavy atom. The molecule has 74 valence electrons. The zero-order valence-electron chi connectivity index (χ0n) is 7.79. The van der Waals surface area contributed by atoms with Gasteiger partial charge in [-0.1, -0.05) is 6.08 Å². The molecule has 4 nitrogen and oxygen atoms in total. The van der Waals surface area contributed by atoms with Crippen LogP contribution in [0.15, 0.2) is 23.9 Å². The van der Waals surface area contributed by atoms with E-state index in [2.05, 4.69) is 5.32 Å². The van der Waals surface area contributed by atoms with E-state index in [9.17, 15) is 0 Å². The molecule has 0 aromatic rings. The summed E-state index contributed by atoms with van der Waals surface area (Å²) < 4.78 is 5.10. The number of aliphatic hydroxyl groups excluding tert-OH is 1. The van der Waals surface area contributed by atoms with Crippen LogP contribution in [0.25, 0.3) is 0 Å². The van der Waals surface area contributed by atoms with Crippen molar-refractivity contribution >= 4 is 0 Å². The molecule has 0 spiro atoms. The fourth-order valence-electron chi connectivity index (χ4n) is 1.12. The minimum Gasteiger partial charge on any atom is -0.395 e. The molecular formula is C9H16N2O2. The van der Waals surface area contributed by atoms with Crippen molar-refractivity contribution in [2.24, 2.45) is 5.73 Å². The summed E-state index contributed by atoms with van der Waals surface area (Å²) in [6.07, 6.45) is 6.28. The lowest BCUT2D eigenvalue weighted by Crippen LogP contribution is -2.40. The van der Waals surface area contributed by atoms with Gasteiger partial charge in [-0.3, -0.25) is 5.73 Å². The van der Waals surface area contributed by atoms with Crippen LogP contribution >= 0.6 is 0 Å². The summed E-state index contributed by atoms with van der Waals surface area (Å²) >= 11 is 0. The molecule has 0 amide bonds. The first-order valence-electron chi connectivity index (χ1n) is 4.28. The number of ether oxygens (including phenoxy) is 1. The molecule has 0 saturated carbocycles. The molecule has 13 heavy (non-hydrogen) atoms. The summed E-state index contributed by atoms with van der Waals surface area (Å²) in [5.41, 5.74) is 6.14. The van der Waals surface area contributed by atoms with Gasteiger partial charge in [0.1, 0.15) is 5.72 Å². The van der Waals surface area contributed by atoms with Crippen LogP contribution in [0, 0.1) is 0 Å². The van der Waals surface area contributed by atoms with Crippen LogP contribution in [0.1, 0.15) is 6.42 Å². The largest absolute Gasteiger partial charge is 0.395 e. The topological polar surface area (TPSA) is 67.5 Å². The second kappa shape index (κ2) is 4.41. The van der Waals surface area contributed by atoms with E-state index in [1.165, 1.54) is 0 Å². The maximum absolute atomic E-state index is 8.58. The minimum atomic E-state index is -0.662. The molecule has 1 rings (SSSR count). The molecule has 0 saturated heterocycles. The van der Waals surface area contributed by atoms with Crippen molar-refractivity contribution in [3.05, 3.63) is 23.9 Å². The van der Waals surface area contributed by atoms with Gasteiger partial charge in [0.05, 0.1) is 6.61 Å². The second-order valence-electron chi connectivity index (χ2n) is 3.01. The number of aliphatic hydroxyl groups is 1. The van der Waals surface area contributed by atoms with Gasteiger partial charge in [-0.25, -0.2) is 0 Å². The quantitative estimate of drug-likeness (QED) is 0.525. The summed E-state index contributed by atoms with van der Waals surface area (Å²) in [5, 5.41) is 11.6. The Morgan fingerprint density at radius 1 is 1.77 bits per heavy atom. The highest BCUT2D eigenvalue weighted by molar-refractivity contribution is 5.25. The van der Waals surface area contributed by atoms with Gasteiger partial charge in [0.15, 0.2) is 0 Å². The molecule has 0 aromatic carbocycles. The van der Waals surface area contributed by atoms with E-state index in [4.69, 9.17) is 15.6 Å². The van der Waals surface area contributed by atoms with Crippen molar-refractivity contribution in [3.8, 4) is 0 Å². The number of hydrogen-bond acceptors (Lipinski definition) is 4. The molecule has 1 aliphatic rings. The predicted octanol–water partition coefficient (Wildman–Crippen LogP) is -0.287. The van der Waals surface area contributed by atoms with E-state index in [0.29, 0.717) is 13.0 Å². The van der Waals surface area contributed by atoms with Gasteiger partial charge < -0.3 is 15.2 Å². The zero-order chi connectivity index (χ0) is 9.73. The Morgan fingerprint density at radius 3 is 3.00 bits per heavy atom. The summed E-state index contributed by atoms with van der Waals surface area (Å²) in [6, 6.07) is 0. The van der Waals surface area contributed by atoms with Gasteiger partial charge in [-0.05, 0) is 12.2 Å². The highest BCUT2D eigenvalue weighted by Crippen LogP contribution is 2.17. The highest BCUT2D eigenvalue weighted by Gasteiger charge is 2.21. The van der Waals surface area contributed by atoms with Crippen molar-refractivity contribution in [2.75, 3.05) is 20.3 Å². The van der Waals surface area contributed by atoms with E-state index in [1.807, 2.05) is 18.2 Å². The van der Waals surface area contributed by atoms with Crippen LogP contribution in [-0.2, 0) is 4.74 Å². The third-order valence-electron chi connectivity index (χ3n) is 2.01. The van der Waals surface area contributed by atoms with E-state index < -0.39 is 5.72 Å². The molecule has 4 heteroatoms.